The Hall–Kier alpha value is -1.49. The summed E-state index contributed by atoms with van der Waals surface area (Å²) in [4.78, 5) is 18.7. The van der Waals surface area contributed by atoms with Gasteiger partial charge in [0.2, 0.25) is 5.91 Å². The minimum Gasteiger partial charge on any atom is -0.333 e. The zero-order valence-electron chi connectivity index (χ0n) is 10.1. The molecule has 0 radical (unpaired) electrons. The molecule has 0 bridgehead atoms. The highest BCUT2D eigenvalue weighted by molar-refractivity contribution is 7.99. The molecule has 4 nitrogen and oxygen atoms in total. The Morgan fingerprint density at radius 1 is 1.47 bits per heavy atom. The van der Waals surface area contributed by atoms with Gasteiger partial charge in [0.05, 0.1) is 11.0 Å². The van der Waals surface area contributed by atoms with Crippen LogP contribution < -0.4 is 5.32 Å². The van der Waals surface area contributed by atoms with Gasteiger partial charge in [0.25, 0.3) is 0 Å². The summed E-state index contributed by atoms with van der Waals surface area (Å²) in [6.07, 6.45) is 0. The number of carbonyl (C=O) groups excluding carboxylic acids is 1. The van der Waals surface area contributed by atoms with E-state index in [9.17, 15) is 4.79 Å². The monoisotopic (exact) mass is 249 g/mol. The summed E-state index contributed by atoms with van der Waals surface area (Å²) >= 11 is 1.69. The molecule has 2 aromatic rings. The third-order valence-corrected chi connectivity index (χ3v) is 3.02. The molecule has 0 fully saturated rings. The van der Waals surface area contributed by atoms with Crippen LogP contribution in [0.2, 0.25) is 0 Å². The largest absolute Gasteiger partial charge is 0.333 e. The SMILES string of the molecule is CC(=O)Nc1ccc2nc(SC(C)C)[nH]c2c1. The zero-order valence-corrected chi connectivity index (χ0v) is 10.9. The Labute approximate surface area is 104 Å². The zero-order chi connectivity index (χ0) is 12.4. The van der Waals surface area contributed by atoms with Crippen LogP contribution in [0.15, 0.2) is 23.4 Å². The lowest BCUT2D eigenvalue weighted by atomic mass is 10.3. The molecule has 0 saturated heterocycles. The summed E-state index contributed by atoms with van der Waals surface area (Å²) in [7, 11) is 0. The molecule has 0 atom stereocenters. The number of carbonyl (C=O) groups is 1. The number of benzene rings is 1. The molecule has 0 aliphatic carbocycles. The van der Waals surface area contributed by atoms with Crippen molar-refractivity contribution in [3.8, 4) is 0 Å². The van der Waals surface area contributed by atoms with Gasteiger partial charge in [-0.2, -0.15) is 0 Å². The van der Waals surface area contributed by atoms with Crippen molar-refractivity contribution >= 4 is 34.4 Å². The van der Waals surface area contributed by atoms with Crippen LogP contribution in [0, 0.1) is 0 Å². The fourth-order valence-corrected chi connectivity index (χ4v) is 2.31. The van der Waals surface area contributed by atoms with Crippen molar-refractivity contribution in [2.75, 3.05) is 5.32 Å². The third-order valence-electron chi connectivity index (χ3n) is 2.13. The number of nitrogens with one attached hydrogen (secondary N) is 2. The van der Waals surface area contributed by atoms with Crippen molar-refractivity contribution in [1.29, 1.82) is 0 Å². The van der Waals surface area contributed by atoms with Gasteiger partial charge in [-0.05, 0) is 18.2 Å². The van der Waals surface area contributed by atoms with Crippen LogP contribution in [-0.2, 0) is 4.79 Å². The number of thioether (sulfide) groups is 1. The molecular weight excluding hydrogens is 234 g/mol. The van der Waals surface area contributed by atoms with E-state index in [0.717, 1.165) is 21.9 Å². The van der Waals surface area contributed by atoms with E-state index in [1.165, 1.54) is 6.92 Å². The van der Waals surface area contributed by atoms with Crippen molar-refractivity contribution in [1.82, 2.24) is 9.97 Å². The fraction of sp³-hybridized carbons (Fsp3) is 0.333. The summed E-state index contributed by atoms with van der Waals surface area (Å²) in [5.41, 5.74) is 2.65. The topological polar surface area (TPSA) is 57.8 Å². The smallest absolute Gasteiger partial charge is 0.221 e. The van der Waals surface area contributed by atoms with E-state index >= 15 is 0 Å². The second kappa shape index (κ2) is 4.79. The number of hydrogen-bond acceptors (Lipinski definition) is 3. The molecule has 0 unspecified atom stereocenters. The predicted octanol–water partition coefficient (Wildman–Crippen LogP) is 3.02. The van der Waals surface area contributed by atoms with Gasteiger partial charge in [-0.3, -0.25) is 4.79 Å². The second-order valence-corrected chi connectivity index (χ2v) is 5.69. The molecule has 2 rings (SSSR count). The number of H-pyrrole nitrogens is 1. The first kappa shape index (κ1) is 12.0. The molecule has 0 spiro atoms. The van der Waals surface area contributed by atoms with Gasteiger partial charge in [0, 0.05) is 17.9 Å². The molecule has 0 saturated carbocycles. The summed E-state index contributed by atoms with van der Waals surface area (Å²) in [6.45, 7) is 5.75. The lowest BCUT2D eigenvalue weighted by Gasteiger charge is -2.00. The first-order chi connectivity index (χ1) is 8.04. The average molecular weight is 249 g/mol. The van der Waals surface area contributed by atoms with Gasteiger partial charge in [-0.1, -0.05) is 25.6 Å². The quantitative estimate of drug-likeness (QED) is 0.822. The second-order valence-electron chi connectivity index (χ2n) is 4.12. The molecule has 2 N–H and O–H groups in total. The predicted molar refractivity (Wildman–Crippen MR) is 71.4 cm³/mol. The van der Waals surface area contributed by atoms with Crippen molar-refractivity contribution < 1.29 is 4.79 Å². The van der Waals surface area contributed by atoms with Gasteiger partial charge in [-0.25, -0.2) is 4.98 Å². The van der Waals surface area contributed by atoms with E-state index in [1.54, 1.807) is 11.8 Å². The van der Waals surface area contributed by atoms with Crippen molar-refractivity contribution in [2.45, 2.75) is 31.2 Å². The minimum atomic E-state index is -0.0688. The van der Waals surface area contributed by atoms with Crippen LogP contribution in [0.4, 0.5) is 5.69 Å². The van der Waals surface area contributed by atoms with Gasteiger partial charge in [0.15, 0.2) is 5.16 Å². The summed E-state index contributed by atoms with van der Waals surface area (Å²) in [5, 5.41) is 4.16. The van der Waals surface area contributed by atoms with Crippen LogP contribution in [0.5, 0.6) is 0 Å². The normalized spacial score (nSPS) is 11.1. The number of anilines is 1. The van der Waals surface area contributed by atoms with E-state index in [1.807, 2.05) is 18.2 Å². The van der Waals surface area contributed by atoms with Gasteiger partial charge in [-0.15, -0.1) is 0 Å². The standard InChI is InChI=1S/C12H15N3OS/c1-7(2)17-12-14-10-5-4-9(13-8(3)16)6-11(10)15-12/h4-7H,1-3H3,(H,13,16)(H,14,15). The summed E-state index contributed by atoms with van der Waals surface area (Å²) < 4.78 is 0. The van der Waals surface area contributed by atoms with E-state index in [0.29, 0.717) is 5.25 Å². The van der Waals surface area contributed by atoms with Gasteiger partial charge < -0.3 is 10.3 Å². The Bertz CT molecular complexity index is 548. The van der Waals surface area contributed by atoms with Gasteiger partial charge in [0.1, 0.15) is 0 Å². The maximum atomic E-state index is 11.0. The Kier molecular flexibility index (Phi) is 3.38. The highest BCUT2D eigenvalue weighted by atomic mass is 32.2. The van der Waals surface area contributed by atoms with Crippen molar-refractivity contribution in [2.24, 2.45) is 0 Å². The number of fused-ring (bicyclic) bond motifs is 1. The molecule has 0 aliphatic rings. The molecule has 1 heterocycles. The lowest BCUT2D eigenvalue weighted by molar-refractivity contribution is -0.114. The molecule has 5 heteroatoms. The maximum Gasteiger partial charge on any atom is 0.221 e. The first-order valence-corrected chi connectivity index (χ1v) is 6.36. The Balaban J connectivity index is 2.30. The Morgan fingerprint density at radius 2 is 2.24 bits per heavy atom. The van der Waals surface area contributed by atoms with E-state index in [4.69, 9.17) is 0 Å². The Morgan fingerprint density at radius 3 is 2.88 bits per heavy atom. The van der Waals surface area contributed by atoms with Crippen molar-refractivity contribution in [3.63, 3.8) is 0 Å². The highest BCUT2D eigenvalue weighted by Crippen LogP contribution is 2.24. The summed E-state index contributed by atoms with van der Waals surface area (Å²) in [6, 6.07) is 5.66. The van der Waals surface area contributed by atoms with Gasteiger partial charge >= 0.3 is 0 Å². The molecule has 1 aromatic heterocycles. The molecule has 0 aliphatic heterocycles. The molecular formula is C12H15N3OS. The number of imidazole rings is 1. The average Bonchev–Trinajstić information content (AvgIpc) is 2.56. The number of nitrogens with zero attached hydrogens (tertiary/aromatic N) is 1. The van der Waals surface area contributed by atoms with Crippen LogP contribution in [-0.4, -0.2) is 21.1 Å². The minimum absolute atomic E-state index is 0.0688. The van der Waals surface area contributed by atoms with E-state index in [-0.39, 0.29) is 5.91 Å². The molecule has 1 aromatic carbocycles. The van der Waals surface area contributed by atoms with Crippen molar-refractivity contribution in [3.05, 3.63) is 18.2 Å². The number of hydrogen-bond donors (Lipinski definition) is 2. The summed E-state index contributed by atoms with van der Waals surface area (Å²) in [5.74, 6) is -0.0688. The third kappa shape index (κ3) is 3.00. The number of amides is 1. The van der Waals surface area contributed by atoms with Crippen LogP contribution in [0.3, 0.4) is 0 Å². The maximum absolute atomic E-state index is 11.0. The highest BCUT2D eigenvalue weighted by Gasteiger charge is 2.06. The molecule has 17 heavy (non-hydrogen) atoms. The molecule has 1 amide bonds. The van der Waals surface area contributed by atoms with Crippen LogP contribution in [0.1, 0.15) is 20.8 Å². The fourth-order valence-electron chi connectivity index (χ4n) is 1.55. The first-order valence-electron chi connectivity index (χ1n) is 5.48. The number of aromatic amines is 1. The lowest BCUT2D eigenvalue weighted by Crippen LogP contribution is -2.05. The number of rotatable bonds is 3. The van der Waals surface area contributed by atoms with E-state index < -0.39 is 0 Å². The van der Waals surface area contributed by atoms with E-state index in [2.05, 4.69) is 29.1 Å². The van der Waals surface area contributed by atoms with Crippen LogP contribution >= 0.6 is 11.8 Å². The van der Waals surface area contributed by atoms with Crippen LogP contribution in [0.25, 0.3) is 11.0 Å². The molecule has 90 valence electrons. The number of aromatic nitrogens is 2.